The van der Waals surface area contributed by atoms with Gasteiger partial charge in [-0.05, 0) is 48.8 Å². The first-order chi connectivity index (χ1) is 11.1. The largest absolute Gasteiger partial charge is 0.379 e. The van der Waals surface area contributed by atoms with Crippen LogP contribution in [0.4, 0.5) is 0 Å². The van der Waals surface area contributed by atoms with Gasteiger partial charge >= 0.3 is 0 Å². The quantitative estimate of drug-likeness (QED) is 0.873. The highest BCUT2D eigenvalue weighted by Gasteiger charge is 2.35. The molecule has 0 aromatic heterocycles. The van der Waals surface area contributed by atoms with E-state index in [-0.39, 0.29) is 17.7 Å². The topological polar surface area (TPSA) is 55.6 Å². The number of benzene rings is 1. The van der Waals surface area contributed by atoms with E-state index in [1.54, 1.807) is 0 Å². The summed E-state index contributed by atoms with van der Waals surface area (Å²) in [6.45, 7) is 4.85. The molecule has 2 fully saturated rings. The van der Waals surface area contributed by atoms with Crippen LogP contribution in [0.5, 0.6) is 0 Å². The van der Waals surface area contributed by atoms with Crippen LogP contribution in [0, 0.1) is 11.8 Å². The van der Waals surface area contributed by atoms with Gasteiger partial charge in [-0.1, -0.05) is 28.1 Å². The molecule has 3 rings (SSSR count). The molecule has 1 aliphatic heterocycles. The molecule has 1 amide bonds. The van der Waals surface area contributed by atoms with Crippen LogP contribution in [0.2, 0.25) is 0 Å². The lowest BCUT2D eigenvalue weighted by Gasteiger charge is -2.38. The second kappa shape index (κ2) is 7.77. The van der Waals surface area contributed by atoms with Gasteiger partial charge in [0.05, 0.1) is 13.2 Å². The molecule has 0 unspecified atom stereocenters. The maximum absolute atomic E-state index is 11.9. The van der Waals surface area contributed by atoms with E-state index in [2.05, 4.69) is 45.1 Å². The van der Waals surface area contributed by atoms with Crippen LogP contribution in [-0.4, -0.2) is 43.7 Å². The number of carbonyl (C=O) groups excluding carboxylic acids is 1. The van der Waals surface area contributed by atoms with Crippen LogP contribution < -0.4 is 5.73 Å². The summed E-state index contributed by atoms with van der Waals surface area (Å²) in [5.41, 5.74) is 6.92. The Hall–Kier alpha value is -0.910. The van der Waals surface area contributed by atoms with E-state index < -0.39 is 0 Å². The number of carbonyl (C=O) groups is 1. The Bertz CT molecular complexity index is 528. The zero-order valence-corrected chi connectivity index (χ0v) is 15.0. The highest BCUT2D eigenvalue weighted by molar-refractivity contribution is 9.10. The molecule has 0 spiro atoms. The summed E-state index contributed by atoms with van der Waals surface area (Å²) in [5.74, 6) is 0.706. The Morgan fingerprint density at radius 2 is 1.91 bits per heavy atom. The molecule has 2 N–H and O–H groups in total. The molecule has 5 heteroatoms. The van der Waals surface area contributed by atoms with E-state index in [1.807, 2.05) is 0 Å². The molecule has 1 saturated carbocycles. The molecule has 2 aliphatic rings. The van der Waals surface area contributed by atoms with Crippen LogP contribution in [0.1, 0.15) is 30.7 Å². The van der Waals surface area contributed by atoms with Gasteiger partial charge in [0.2, 0.25) is 5.91 Å². The van der Waals surface area contributed by atoms with E-state index >= 15 is 0 Å². The summed E-state index contributed by atoms with van der Waals surface area (Å²) in [6.07, 6.45) is 3.05. The number of nitrogens with two attached hydrogens (primary N) is 1. The second-order valence-electron chi connectivity index (χ2n) is 6.76. The van der Waals surface area contributed by atoms with Crippen molar-refractivity contribution in [3.63, 3.8) is 0 Å². The number of amides is 1. The lowest BCUT2D eigenvalue weighted by molar-refractivity contribution is -0.123. The number of hydrogen-bond acceptors (Lipinski definition) is 3. The number of rotatable bonds is 4. The number of primary amides is 1. The van der Waals surface area contributed by atoms with Gasteiger partial charge in [0, 0.05) is 30.0 Å². The number of hydrogen-bond donors (Lipinski definition) is 1. The first-order valence-corrected chi connectivity index (χ1v) is 9.27. The molecule has 0 radical (unpaired) electrons. The van der Waals surface area contributed by atoms with Crippen LogP contribution >= 0.6 is 15.9 Å². The number of ether oxygens (including phenoxy) is 1. The zero-order valence-electron chi connectivity index (χ0n) is 13.4. The van der Waals surface area contributed by atoms with Crippen molar-refractivity contribution in [3.8, 4) is 0 Å². The van der Waals surface area contributed by atoms with Crippen molar-refractivity contribution < 1.29 is 9.53 Å². The van der Waals surface area contributed by atoms with Crippen molar-refractivity contribution >= 4 is 21.8 Å². The van der Waals surface area contributed by atoms with Gasteiger partial charge in [-0.15, -0.1) is 0 Å². The molecule has 0 bridgehead atoms. The molecule has 126 valence electrons. The van der Waals surface area contributed by atoms with Gasteiger partial charge in [0.15, 0.2) is 0 Å². The Kier molecular flexibility index (Phi) is 5.72. The molecular formula is C18H25BrN2O2. The fraction of sp³-hybridized carbons (Fsp3) is 0.611. The lowest BCUT2D eigenvalue weighted by Crippen LogP contribution is -2.42. The summed E-state index contributed by atoms with van der Waals surface area (Å²) in [4.78, 5) is 14.4. The third-order valence-electron chi connectivity index (χ3n) is 5.24. The number of nitrogens with zero attached hydrogens (tertiary/aromatic N) is 1. The van der Waals surface area contributed by atoms with Crippen molar-refractivity contribution in [2.24, 2.45) is 17.6 Å². The fourth-order valence-electron chi connectivity index (χ4n) is 3.99. The maximum Gasteiger partial charge on any atom is 0.221 e. The Labute approximate surface area is 146 Å². The molecule has 4 nitrogen and oxygen atoms in total. The minimum Gasteiger partial charge on any atom is -0.379 e. The Balaban J connectivity index is 1.70. The van der Waals surface area contributed by atoms with E-state index in [1.165, 1.54) is 5.56 Å². The summed E-state index contributed by atoms with van der Waals surface area (Å²) in [7, 11) is 0. The van der Waals surface area contributed by atoms with Gasteiger partial charge in [0.1, 0.15) is 0 Å². The standard InChI is InChI=1S/C18H25BrN2O2/c19-15-4-2-14(3-5-15)17-11-13(1-6-16(17)18(20)22)12-21-7-9-23-10-8-21/h2-5,13,16-17H,1,6-12H2,(H2,20,22)/t13-,16-,17+/m1/s1. The van der Waals surface area contributed by atoms with E-state index in [9.17, 15) is 4.79 Å². The van der Waals surface area contributed by atoms with Crippen LogP contribution in [0.25, 0.3) is 0 Å². The summed E-state index contributed by atoms with van der Waals surface area (Å²) in [5, 5.41) is 0. The average molecular weight is 381 g/mol. The van der Waals surface area contributed by atoms with E-state index in [0.29, 0.717) is 5.92 Å². The summed E-state index contributed by atoms with van der Waals surface area (Å²) in [6, 6.07) is 8.36. The third-order valence-corrected chi connectivity index (χ3v) is 5.77. The normalized spacial score (nSPS) is 29.3. The monoisotopic (exact) mass is 380 g/mol. The predicted octanol–water partition coefficient (Wildman–Crippen LogP) is 2.77. The Morgan fingerprint density at radius 3 is 2.57 bits per heavy atom. The molecular weight excluding hydrogens is 356 g/mol. The molecule has 1 aliphatic carbocycles. The summed E-state index contributed by atoms with van der Waals surface area (Å²) >= 11 is 3.48. The molecule has 1 saturated heterocycles. The SMILES string of the molecule is NC(=O)[C@@H]1CC[C@@H](CN2CCOCC2)C[C@H]1c1ccc(Br)cc1. The van der Waals surface area contributed by atoms with Gasteiger partial charge < -0.3 is 10.5 Å². The predicted molar refractivity (Wildman–Crippen MR) is 94.2 cm³/mol. The van der Waals surface area contributed by atoms with Gasteiger partial charge in [-0.2, -0.15) is 0 Å². The van der Waals surface area contributed by atoms with Crippen molar-refractivity contribution in [1.82, 2.24) is 4.90 Å². The number of halogens is 1. The van der Waals surface area contributed by atoms with Crippen LogP contribution in [0.15, 0.2) is 28.7 Å². The molecule has 3 atom stereocenters. The highest BCUT2D eigenvalue weighted by Crippen LogP contribution is 2.41. The maximum atomic E-state index is 11.9. The van der Waals surface area contributed by atoms with Gasteiger partial charge in [-0.3, -0.25) is 9.69 Å². The molecule has 23 heavy (non-hydrogen) atoms. The first-order valence-electron chi connectivity index (χ1n) is 8.48. The third kappa shape index (κ3) is 4.34. The highest BCUT2D eigenvalue weighted by atomic mass is 79.9. The first kappa shape index (κ1) is 16.9. The number of morpholine rings is 1. The van der Waals surface area contributed by atoms with Crippen molar-refractivity contribution in [1.29, 1.82) is 0 Å². The Morgan fingerprint density at radius 1 is 1.22 bits per heavy atom. The fourth-order valence-corrected chi connectivity index (χ4v) is 4.26. The smallest absolute Gasteiger partial charge is 0.221 e. The molecule has 1 aromatic rings. The van der Waals surface area contributed by atoms with Crippen LogP contribution in [-0.2, 0) is 9.53 Å². The van der Waals surface area contributed by atoms with Crippen LogP contribution in [0.3, 0.4) is 0 Å². The summed E-state index contributed by atoms with van der Waals surface area (Å²) < 4.78 is 6.50. The van der Waals surface area contributed by atoms with Crippen molar-refractivity contribution in [2.45, 2.75) is 25.2 Å². The van der Waals surface area contributed by atoms with Crippen molar-refractivity contribution in [2.75, 3.05) is 32.8 Å². The molecule has 1 aromatic carbocycles. The van der Waals surface area contributed by atoms with Crippen molar-refractivity contribution in [3.05, 3.63) is 34.3 Å². The minimum absolute atomic E-state index is 0.0304. The average Bonchev–Trinajstić information content (AvgIpc) is 2.56. The minimum atomic E-state index is -0.150. The molecule has 1 heterocycles. The lowest BCUT2D eigenvalue weighted by atomic mass is 9.70. The van der Waals surface area contributed by atoms with Gasteiger partial charge in [-0.25, -0.2) is 0 Å². The second-order valence-corrected chi connectivity index (χ2v) is 7.67. The van der Waals surface area contributed by atoms with E-state index in [0.717, 1.165) is 56.6 Å². The van der Waals surface area contributed by atoms with E-state index in [4.69, 9.17) is 10.5 Å². The van der Waals surface area contributed by atoms with Gasteiger partial charge in [0.25, 0.3) is 0 Å². The zero-order chi connectivity index (χ0) is 16.2.